The molecule has 11 rings (SSSR count). The van der Waals surface area contributed by atoms with Gasteiger partial charge in [-0.15, -0.1) is 0 Å². The SMILES string of the molecule is C=C/C=C\C.c1ccc(-c2ccccc2-c2c3ccccc3c(-c3cccc(-c4ccc5c(c4)oc4c6ccccc6c6ccccc6c54)c3)c3ccccc23)cc1. The number of hydrogen-bond donors (Lipinski definition) is 0. The predicted octanol–water partition coefficient (Wildman–Crippen LogP) is 16.6. The minimum absolute atomic E-state index is 0.904. The van der Waals surface area contributed by atoms with Gasteiger partial charge in [0, 0.05) is 16.2 Å². The van der Waals surface area contributed by atoms with E-state index in [0.717, 1.165) is 33.1 Å². The summed E-state index contributed by atoms with van der Waals surface area (Å²) in [7, 11) is 0. The fourth-order valence-electron chi connectivity index (χ4n) is 8.88. The summed E-state index contributed by atoms with van der Waals surface area (Å²) < 4.78 is 6.76. The minimum Gasteiger partial charge on any atom is -0.455 e. The van der Waals surface area contributed by atoms with Gasteiger partial charge in [-0.3, -0.25) is 0 Å². The minimum atomic E-state index is 0.904. The van der Waals surface area contributed by atoms with E-state index in [9.17, 15) is 0 Å². The van der Waals surface area contributed by atoms with Crippen LogP contribution in [-0.4, -0.2) is 0 Å². The van der Waals surface area contributed by atoms with Gasteiger partial charge in [0.15, 0.2) is 0 Å². The molecule has 0 radical (unpaired) electrons. The quantitative estimate of drug-likeness (QED) is 0.0973. The highest BCUT2D eigenvalue weighted by atomic mass is 16.3. The first kappa shape index (κ1) is 35.0. The number of fused-ring (bicyclic) bond motifs is 10. The Morgan fingerprint density at radius 3 is 1.52 bits per heavy atom. The van der Waals surface area contributed by atoms with E-state index in [2.05, 4.69) is 201 Å². The van der Waals surface area contributed by atoms with Gasteiger partial charge >= 0.3 is 0 Å². The third-order valence-electron chi connectivity index (χ3n) is 11.4. The topological polar surface area (TPSA) is 13.1 Å². The molecule has 0 amide bonds. The second-order valence-corrected chi connectivity index (χ2v) is 14.7. The Morgan fingerprint density at radius 2 is 0.879 bits per heavy atom. The van der Waals surface area contributed by atoms with Crippen LogP contribution in [0.5, 0.6) is 0 Å². The van der Waals surface area contributed by atoms with E-state index in [0.29, 0.717) is 0 Å². The Balaban J connectivity index is 0.000000772. The molecule has 0 N–H and O–H groups in total. The molecular formula is C57H40O. The van der Waals surface area contributed by atoms with Gasteiger partial charge < -0.3 is 4.42 Å². The maximum Gasteiger partial charge on any atom is 0.143 e. The summed E-state index contributed by atoms with van der Waals surface area (Å²) in [5.41, 5.74) is 11.6. The molecule has 0 aliphatic heterocycles. The van der Waals surface area contributed by atoms with E-state index in [4.69, 9.17) is 4.42 Å². The van der Waals surface area contributed by atoms with Crippen molar-refractivity contribution in [3.05, 3.63) is 219 Å². The molecule has 11 aromatic rings. The van der Waals surface area contributed by atoms with E-state index in [1.165, 1.54) is 76.5 Å². The number of benzene rings is 10. The summed E-state index contributed by atoms with van der Waals surface area (Å²) >= 11 is 0. The molecule has 1 aromatic heterocycles. The summed E-state index contributed by atoms with van der Waals surface area (Å²) in [4.78, 5) is 0. The third-order valence-corrected chi connectivity index (χ3v) is 11.4. The molecule has 1 nitrogen and oxygen atoms in total. The van der Waals surface area contributed by atoms with Gasteiger partial charge in [0.2, 0.25) is 0 Å². The number of rotatable bonds is 5. The second-order valence-electron chi connectivity index (χ2n) is 14.7. The molecule has 0 spiro atoms. The fourth-order valence-corrected chi connectivity index (χ4v) is 8.88. The molecule has 0 bridgehead atoms. The Hall–Kier alpha value is -7.48. The average Bonchev–Trinajstić information content (AvgIpc) is 3.69. The lowest BCUT2D eigenvalue weighted by molar-refractivity contribution is 0.673. The summed E-state index contributed by atoms with van der Waals surface area (Å²) in [6, 6.07) is 70.4. The molecular weight excluding hydrogens is 701 g/mol. The van der Waals surface area contributed by atoms with Crippen LogP contribution < -0.4 is 0 Å². The van der Waals surface area contributed by atoms with Gasteiger partial charge in [0.1, 0.15) is 11.2 Å². The molecule has 274 valence electrons. The summed E-state index contributed by atoms with van der Waals surface area (Å²) in [5.74, 6) is 0. The summed E-state index contributed by atoms with van der Waals surface area (Å²) in [6.07, 6.45) is 5.58. The van der Waals surface area contributed by atoms with E-state index in [1.54, 1.807) is 6.08 Å². The Bertz CT molecular complexity index is 3300. The molecule has 0 fully saturated rings. The molecule has 0 unspecified atom stereocenters. The van der Waals surface area contributed by atoms with Gasteiger partial charge in [0.25, 0.3) is 0 Å². The smallest absolute Gasteiger partial charge is 0.143 e. The number of hydrogen-bond acceptors (Lipinski definition) is 1. The van der Waals surface area contributed by atoms with Crippen molar-refractivity contribution in [2.75, 3.05) is 0 Å². The Kier molecular flexibility index (Phi) is 8.97. The van der Waals surface area contributed by atoms with Crippen molar-refractivity contribution in [2.24, 2.45) is 0 Å². The second kappa shape index (κ2) is 14.9. The maximum absolute atomic E-state index is 6.76. The van der Waals surface area contributed by atoms with E-state index < -0.39 is 0 Å². The standard InChI is InChI=1S/C52H32O.C5H8/c1-2-15-33(16-3-1)37-19-4-7-22-40(37)50-44-26-11-9-24-42(44)49(43-25-10-12-27-45(43)50)36-18-14-17-34(31-36)35-29-30-47-48(32-35)53-52-46-28-13-6-21-39(46)38-20-5-8-23-41(38)51(47)52;1-3-5-4-2/h1-32H;3-5H,1H2,2H3/b;5-4-. The average molecular weight is 741 g/mol. The van der Waals surface area contributed by atoms with Crippen molar-refractivity contribution in [1.82, 2.24) is 0 Å². The van der Waals surface area contributed by atoms with Crippen LogP contribution in [0.3, 0.4) is 0 Å². The lowest BCUT2D eigenvalue weighted by Gasteiger charge is -2.20. The molecule has 1 heteroatoms. The molecule has 1 heterocycles. The number of allylic oxidation sites excluding steroid dienone is 3. The van der Waals surface area contributed by atoms with E-state index in [1.807, 2.05) is 19.1 Å². The van der Waals surface area contributed by atoms with Crippen LogP contribution in [0, 0.1) is 0 Å². The Labute approximate surface area is 338 Å². The van der Waals surface area contributed by atoms with Crippen LogP contribution in [0.25, 0.3) is 110 Å². The molecule has 10 aromatic carbocycles. The first-order valence-corrected chi connectivity index (χ1v) is 19.9. The highest BCUT2D eigenvalue weighted by Crippen LogP contribution is 2.47. The third kappa shape index (κ3) is 5.88. The van der Waals surface area contributed by atoms with Crippen molar-refractivity contribution in [3.63, 3.8) is 0 Å². The van der Waals surface area contributed by atoms with Crippen molar-refractivity contribution < 1.29 is 4.42 Å². The summed E-state index contributed by atoms with van der Waals surface area (Å²) in [6.45, 7) is 5.42. The monoisotopic (exact) mass is 740 g/mol. The molecule has 0 atom stereocenters. The first-order valence-electron chi connectivity index (χ1n) is 19.9. The van der Waals surface area contributed by atoms with Crippen molar-refractivity contribution in [3.8, 4) is 44.5 Å². The zero-order valence-electron chi connectivity index (χ0n) is 32.3. The van der Waals surface area contributed by atoms with Crippen LogP contribution in [-0.2, 0) is 0 Å². The first-order chi connectivity index (χ1) is 28.7. The van der Waals surface area contributed by atoms with Gasteiger partial charge in [-0.1, -0.05) is 201 Å². The lowest BCUT2D eigenvalue weighted by atomic mass is 9.83. The maximum atomic E-state index is 6.76. The zero-order valence-corrected chi connectivity index (χ0v) is 32.3. The largest absolute Gasteiger partial charge is 0.455 e. The highest BCUT2D eigenvalue weighted by Gasteiger charge is 2.20. The molecule has 0 saturated heterocycles. The predicted molar refractivity (Wildman–Crippen MR) is 250 cm³/mol. The van der Waals surface area contributed by atoms with Crippen molar-refractivity contribution in [1.29, 1.82) is 0 Å². The van der Waals surface area contributed by atoms with Crippen molar-refractivity contribution >= 4 is 65.0 Å². The molecule has 0 aliphatic rings. The van der Waals surface area contributed by atoms with Gasteiger partial charge in [-0.05, 0) is 107 Å². The van der Waals surface area contributed by atoms with Crippen LogP contribution in [0.2, 0.25) is 0 Å². The van der Waals surface area contributed by atoms with E-state index >= 15 is 0 Å². The lowest BCUT2D eigenvalue weighted by Crippen LogP contribution is -1.92. The zero-order chi connectivity index (χ0) is 39.0. The van der Waals surface area contributed by atoms with Crippen LogP contribution in [0.15, 0.2) is 223 Å². The van der Waals surface area contributed by atoms with Gasteiger partial charge in [-0.2, -0.15) is 0 Å². The van der Waals surface area contributed by atoms with Gasteiger partial charge in [0.05, 0.1) is 0 Å². The molecule has 58 heavy (non-hydrogen) atoms. The van der Waals surface area contributed by atoms with Crippen LogP contribution >= 0.6 is 0 Å². The fraction of sp³-hybridized carbons (Fsp3) is 0.0175. The van der Waals surface area contributed by atoms with E-state index in [-0.39, 0.29) is 0 Å². The Morgan fingerprint density at radius 1 is 0.379 bits per heavy atom. The molecule has 0 aliphatic carbocycles. The number of furan rings is 1. The highest BCUT2D eigenvalue weighted by molar-refractivity contribution is 6.30. The normalized spacial score (nSPS) is 11.5. The van der Waals surface area contributed by atoms with Crippen molar-refractivity contribution in [2.45, 2.75) is 6.92 Å². The van der Waals surface area contributed by atoms with Crippen LogP contribution in [0.1, 0.15) is 6.92 Å². The summed E-state index contributed by atoms with van der Waals surface area (Å²) in [5, 5.41) is 12.2. The van der Waals surface area contributed by atoms with Gasteiger partial charge in [-0.25, -0.2) is 0 Å². The molecule has 0 saturated carbocycles. The van der Waals surface area contributed by atoms with Crippen LogP contribution in [0.4, 0.5) is 0 Å².